The standard InChI is InChI=1S/C24H25N3O2S/c1-3-18-11-14-21(15-12-18)30(28,29)26-20-8-6-7-19(17-20)13-16-24-25-22-9-4-5-10-23(22)27(24)2/h4-12,14-15,17,26H,3,13,16H2,1-2H3. The summed E-state index contributed by atoms with van der Waals surface area (Å²) in [7, 11) is -1.59. The van der Waals surface area contributed by atoms with E-state index in [1.807, 2.05) is 62.5 Å². The number of imidazole rings is 1. The molecule has 0 fully saturated rings. The van der Waals surface area contributed by atoms with Crippen LogP contribution in [0.2, 0.25) is 0 Å². The van der Waals surface area contributed by atoms with Gasteiger partial charge in [0, 0.05) is 19.2 Å². The lowest BCUT2D eigenvalue weighted by atomic mass is 10.1. The second-order valence-electron chi connectivity index (χ2n) is 7.38. The van der Waals surface area contributed by atoms with Crippen molar-refractivity contribution in [2.45, 2.75) is 31.1 Å². The van der Waals surface area contributed by atoms with E-state index in [4.69, 9.17) is 4.98 Å². The Balaban J connectivity index is 1.48. The van der Waals surface area contributed by atoms with Crippen molar-refractivity contribution in [2.75, 3.05) is 4.72 Å². The third-order valence-corrected chi connectivity index (χ3v) is 6.74. The van der Waals surface area contributed by atoms with E-state index in [0.717, 1.165) is 47.2 Å². The van der Waals surface area contributed by atoms with Crippen molar-refractivity contribution >= 4 is 26.7 Å². The van der Waals surface area contributed by atoms with Gasteiger partial charge >= 0.3 is 0 Å². The van der Waals surface area contributed by atoms with Gasteiger partial charge in [0.2, 0.25) is 0 Å². The van der Waals surface area contributed by atoms with Gasteiger partial charge in [-0.2, -0.15) is 0 Å². The van der Waals surface area contributed by atoms with E-state index >= 15 is 0 Å². The van der Waals surface area contributed by atoms with Crippen molar-refractivity contribution in [3.05, 3.63) is 89.7 Å². The first kappa shape index (κ1) is 20.2. The van der Waals surface area contributed by atoms with E-state index in [0.29, 0.717) is 5.69 Å². The molecule has 6 heteroatoms. The molecular weight excluding hydrogens is 394 g/mol. The fourth-order valence-electron chi connectivity index (χ4n) is 3.58. The minimum absolute atomic E-state index is 0.268. The zero-order valence-corrected chi connectivity index (χ0v) is 18.0. The molecule has 0 atom stereocenters. The molecule has 1 N–H and O–H groups in total. The van der Waals surface area contributed by atoms with E-state index in [-0.39, 0.29) is 4.90 Å². The molecule has 4 aromatic rings. The van der Waals surface area contributed by atoms with E-state index in [2.05, 4.69) is 15.4 Å². The van der Waals surface area contributed by atoms with E-state index in [9.17, 15) is 8.42 Å². The average Bonchev–Trinajstić information content (AvgIpc) is 3.08. The molecule has 30 heavy (non-hydrogen) atoms. The smallest absolute Gasteiger partial charge is 0.261 e. The summed E-state index contributed by atoms with van der Waals surface area (Å²) in [5, 5.41) is 0. The van der Waals surface area contributed by atoms with Crippen LogP contribution < -0.4 is 4.72 Å². The fraction of sp³-hybridized carbons (Fsp3) is 0.208. The number of para-hydroxylation sites is 2. The van der Waals surface area contributed by atoms with Gasteiger partial charge in [0.25, 0.3) is 10.0 Å². The predicted octanol–water partition coefficient (Wildman–Crippen LogP) is 4.72. The fourth-order valence-corrected chi connectivity index (χ4v) is 4.63. The number of hydrogen-bond donors (Lipinski definition) is 1. The van der Waals surface area contributed by atoms with Gasteiger partial charge in [-0.25, -0.2) is 13.4 Å². The maximum atomic E-state index is 12.7. The number of nitrogens with zero attached hydrogens (tertiary/aromatic N) is 2. The second-order valence-corrected chi connectivity index (χ2v) is 9.06. The Hall–Kier alpha value is -3.12. The van der Waals surface area contributed by atoms with Crippen molar-refractivity contribution in [1.82, 2.24) is 9.55 Å². The quantitative estimate of drug-likeness (QED) is 0.471. The molecule has 0 aliphatic carbocycles. The van der Waals surface area contributed by atoms with Gasteiger partial charge in [-0.15, -0.1) is 0 Å². The Kier molecular flexibility index (Phi) is 5.59. The SMILES string of the molecule is CCc1ccc(S(=O)(=O)Nc2cccc(CCc3nc4ccccc4n3C)c2)cc1. The van der Waals surface area contributed by atoms with Crippen LogP contribution in [0.5, 0.6) is 0 Å². The molecule has 1 aromatic heterocycles. The second kappa shape index (κ2) is 8.32. The first-order valence-electron chi connectivity index (χ1n) is 10.1. The van der Waals surface area contributed by atoms with Crippen LogP contribution >= 0.6 is 0 Å². The van der Waals surface area contributed by atoms with Crippen LogP contribution in [0.15, 0.2) is 77.7 Å². The Morgan fingerprint density at radius 2 is 1.67 bits per heavy atom. The molecule has 4 rings (SSSR count). The van der Waals surface area contributed by atoms with Crippen LogP contribution in [0.4, 0.5) is 5.69 Å². The summed E-state index contributed by atoms with van der Waals surface area (Å²) in [6, 6.07) is 22.6. The average molecular weight is 420 g/mol. The highest BCUT2D eigenvalue weighted by molar-refractivity contribution is 7.92. The molecule has 0 aliphatic rings. The third-order valence-electron chi connectivity index (χ3n) is 5.34. The number of sulfonamides is 1. The molecule has 0 saturated heterocycles. The lowest BCUT2D eigenvalue weighted by molar-refractivity contribution is 0.601. The van der Waals surface area contributed by atoms with Crippen molar-refractivity contribution in [2.24, 2.45) is 7.05 Å². The van der Waals surface area contributed by atoms with Crippen molar-refractivity contribution in [3.63, 3.8) is 0 Å². The number of fused-ring (bicyclic) bond motifs is 1. The van der Waals surface area contributed by atoms with Crippen molar-refractivity contribution in [1.29, 1.82) is 0 Å². The number of anilines is 1. The number of rotatable bonds is 7. The summed E-state index contributed by atoms with van der Waals surface area (Å²) in [5.41, 5.74) is 4.84. The number of aryl methyl sites for hydroxylation is 4. The molecule has 3 aromatic carbocycles. The highest BCUT2D eigenvalue weighted by Gasteiger charge is 2.14. The summed E-state index contributed by atoms with van der Waals surface area (Å²) < 4.78 is 30.2. The molecule has 1 heterocycles. The largest absolute Gasteiger partial charge is 0.331 e. The maximum absolute atomic E-state index is 12.7. The van der Waals surface area contributed by atoms with E-state index < -0.39 is 10.0 Å². The lowest BCUT2D eigenvalue weighted by Gasteiger charge is -2.10. The van der Waals surface area contributed by atoms with Gasteiger partial charge in [0.15, 0.2) is 0 Å². The molecule has 0 radical (unpaired) electrons. The Morgan fingerprint density at radius 1 is 0.900 bits per heavy atom. The van der Waals surface area contributed by atoms with Gasteiger partial charge in [-0.1, -0.05) is 43.3 Å². The summed E-state index contributed by atoms with van der Waals surface area (Å²) in [4.78, 5) is 4.98. The van der Waals surface area contributed by atoms with Gasteiger partial charge in [0.1, 0.15) is 5.82 Å². The topological polar surface area (TPSA) is 64.0 Å². The Bertz CT molecular complexity index is 1280. The third kappa shape index (κ3) is 4.24. The molecule has 0 spiro atoms. The molecule has 0 saturated carbocycles. The Morgan fingerprint density at radius 3 is 2.40 bits per heavy atom. The van der Waals surface area contributed by atoms with Crippen LogP contribution in [0.1, 0.15) is 23.9 Å². The van der Waals surface area contributed by atoms with Crippen LogP contribution in [0, 0.1) is 0 Å². The highest BCUT2D eigenvalue weighted by Crippen LogP contribution is 2.20. The zero-order chi connectivity index (χ0) is 21.1. The molecular formula is C24H25N3O2S. The molecule has 154 valence electrons. The van der Waals surface area contributed by atoms with Crippen molar-refractivity contribution in [3.8, 4) is 0 Å². The molecule has 0 aliphatic heterocycles. The molecule has 0 bridgehead atoms. The van der Waals surface area contributed by atoms with Crippen LogP contribution in [0.3, 0.4) is 0 Å². The maximum Gasteiger partial charge on any atom is 0.261 e. The zero-order valence-electron chi connectivity index (χ0n) is 17.2. The number of benzene rings is 3. The monoisotopic (exact) mass is 419 g/mol. The number of hydrogen-bond acceptors (Lipinski definition) is 3. The van der Waals surface area contributed by atoms with E-state index in [1.54, 1.807) is 18.2 Å². The summed E-state index contributed by atoms with van der Waals surface area (Å²) in [6.45, 7) is 2.04. The normalized spacial score (nSPS) is 11.7. The Labute approximate surface area is 177 Å². The summed E-state index contributed by atoms with van der Waals surface area (Å²) >= 11 is 0. The van der Waals surface area contributed by atoms with E-state index in [1.165, 1.54) is 0 Å². The van der Waals surface area contributed by atoms with Gasteiger partial charge in [-0.3, -0.25) is 4.72 Å². The summed E-state index contributed by atoms with van der Waals surface area (Å²) in [6.07, 6.45) is 2.43. The number of nitrogens with one attached hydrogen (secondary N) is 1. The summed E-state index contributed by atoms with van der Waals surface area (Å²) in [5.74, 6) is 1.01. The minimum atomic E-state index is -3.61. The molecule has 0 unspecified atom stereocenters. The van der Waals surface area contributed by atoms with Crippen LogP contribution in [-0.2, 0) is 36.3 Å². The lowest BCUT2D eigenvalue weighted by Crippen LogP contribution is -2.13. The van der Waals surface area contributed by atoms with Crippen LogP contribution in [0.25, 0.3) is 11.0 Å². The van der Waals surface area contributed by atoms with Crippen molar-refractivity contribution < 1.29 is 8.42 Å². The number of aromatic nitrogens is 2. The molecule has 5 nitrogen and oxygen atoms in total. The first-order chi connectivity index (χ1) is 14.5. The highest BCUT2D eigenvalue weighted by atomic mass is 32.2. The van der Waals surface area contributed by atoms with Gasteiger partial charge in [-0.05, 0) is 60.4 Å². The molecule has 0 amide bonds. The van der Waals surface area contributed by atoms with Crippen LogP contribution in [-0.4, -0.2) is 18.0 Å². The predicted molar refractivity (Wildman–Crippen MR) is 121 cm³/mol. The minimum Gasteiger partial charge on any atom is -0.331 e. The van der Waals surface area contributed by atoms with Gasteiger partial charge in [0.05, 0.1) is 15.9 Å². The van der Waals surface area contributed by atoms with Gasteiger partial charge < -0.3 is 4.57 Å². The first-order valence-corrected chi connectivity index (χ1v) is 11.6.